The van der Waals surface area contributed by atoms with Gasteiger partial charge in [-0.05, 0) is 37.1 Å². The fourth-order valence-electron chi connectivity index (χ4n) is 2.65. The second kappa shape index (κ2) is 9.84. The predicted molar refractivity (Wildman–Crippen MR) is 101 cm³/mol. The van der Waals surface area contributed by atoms with Gasteiger partial charge in [-0.25, -0.2) is 0 Å². The van der Waals surface area contributed by atoms with Crippen molar-refractivity contribution < 1.29 is 9.53 Å². The van der Waals surface area contributed by atoms with E-state index >= 15 is 0 Å². The van der Waals surface area contributed by atoms with Gasteiger partial charge in [0, 0.05) is 32.1 Å². The van der Waals surface area contributed by atoms with Gasteiger partial charge in [-0.1, -0.05) is 42.5 Å². The maximum absolute atomic E-state index is 12.6. The lowest BCUT2D eigenvalue weighted by molar-refractivity contribution is -0.133. The highest BCUT2D eigenvalue weighted by Gasteiger charge is 2.16. The molecule has 0 aliphatic rings. The van der Waals surface area contributed by atoms with Crippen LogP contribution in [0.1, 0.15) is 31.4 Å². The Morgan fingerprint density at radius 3 is 2.32 bits per heavy atom. The topological polar surface area (TPSA) is 41.6 Å². The summed E-state index contributed by atoms with van der Waals surface area (Å²) in [5.74, 6) is 1.04. The lowest BCUT2D eigenvalue weighted by Crippen LogP contribution is -2.37. The summed E-state index contributed by atoms with van der Waals surface area (Å²) in [7, 11) is 1.66. The summed E-state index contributed by atoms with van der Waals surface area (Å²) in [4.78, 5) is 14.5. The Morgan fingerprint density at radius 2 is 1.72 bits per heavy atom. The number of amides is 1. The van der Waals surface area contributed by atoms with Crippen molar-refractivity contribution in [3.63, 3.8) is 0 Å². The molecule has 2 aromatic rings. The van der Waals surface area contributed by atoms with Crippen LogP contribution in [0.5, 0.6) is 5.75 Å². The molecule has 2 rings (SSSR count). The van der Waals surface area contributed by atoms with Gasteiger partial charge in [0.15, 0.2) is 0 Å². The number of hydrogen-bond acceptors (Lipinski definition) is 3. The molecular formula is C21H28N2O2. The third-order valence-corrected chi connectivity index (χ3v) is 4.14. The van der Waals surface area contributed by atoms with E-state index in [1.807, 2.05) is 47.4 Å². The Kier molecular flexibility index (Phi) is 7.48. The minimum absolute atomic E-state index is 0.182. The number of benzene rings is 2. The number of rotatable bonds is 9. The number of methoxy groups -OCH3 is 1. The van der Waals surface area contributed by atoms with Gasteiger partial charge in [0.25, 0.3) is 0 Å². The first-order chi connectivity index (χ1) is 12.1. The van der Waals surface area contributed by atoms with E-state index in [2.05, 4.69) is 31.3 Å². The van der Waals surface area contributed by atoms with E-state index in [9.17, 15) is 4.79 Å². The first-order valence-corrected chi connectivity index (χ1v) is 8.77. The Labute approximate surface area is 150 Å². The minimum atomic E-state index is 0.182. The van der Waals surface area contributed by atoms with Crippen LogP contribution in [0.25, 0.3) is 0 Å². The zero-order chi connectivity index (χ0) is 18.1. The third kappa shape index (κ3) is 6.24. The fraction of sp³-hybridized carbons (Fsp3) is 0.381. The second-order valence-corrected chi connectivity index (χ2v) is 6.38. The summed E-state index contributed by atoms with van der Waals surface area (Å²) in [6.45, 7) is 6.20. The van der Waals surface area contributed by atoms with Crippen LogP contribution in [-0.4, -0.2) is 30.5 Å². The summed E-state index contributed by atoms with van der Waals surface area (Å²) < 4.78 is 5.15. The predicted octanol–water partition coefficient (Wildman–Crippen LogP) is 3.61. The molecule has 4 nitrogen and oxygen atoms in total. The zero-order valence-corrected chi connectivity index (χ0v) is 15.4. The average Bonchev–Trinajstić information content (AvgIpc) is 2.64. The molecule has 0 aromatic heterocycles. The summed E-state index contributed by atoms with van der Waals surface area (Å²) in [5.41, 5.74) is 2.34. The van der Waals surface area contributed by atoms with Crippen LogP contribution in [0.3, 0.4) is 0 Å². The van der Waals surface area contributed by atoms with Gasteiger partial charge >= 0.3 is 0 Å². The highest BCUT2D eigenvalue weighted by molar-refractivity contribution is 5.76. The van der Waals surface area contributed by atoms with Crippen molar-refractivity contribution in [2.45, 2.75) is 39.4 Å². The molecule has 0 fully saturated rings. The molecule has 0 bridgehead atoms. The number of ether oxygens (including phenoxy) is 1. The standard InChI is InChI=1S/C21H28N2O2/c1-17(2)23(16-19-7-5-4-6-8-19)21(24)13-14-22-15-18-9-11-20(25-3)12-10-18/h4-12,17,22H,13-16H2,1-3H3. The van der Waals surface area contributed by atoms with Gasteiger partial charge in [0.2, 0.25) is 5.91 Å². The SMILES string of the molecule is COc1ccc(CNCCC(=O)N(Cc2ccccc2)C(C)C)cc1. The van der Waals surface area contributed by atoms with Gasteiger partial charge in [-0.3, -0.25) is 4.79 Å². The van der Waals surface area contributed by atoms with Crippen LogP contribution in [0, 0.1) is 0 Å². The van der Waals surface area contributed by atoms with E-state index in [0.717, 1.165) is 17.9 Å². The van der Waals surface area contributed by atoms with Crippen molar-refractivity contribution in [3.8, 4) is 5.75 Å². The van der Waals surface area contributed by atoms with E-state index in [1.165, 1.54) is 5.56 Å². The molecule has 0 saturated carbocycles. The zero-order valence-electron chi connectivity index (χ0n) is 15.4. The lowest BCUT2D eigenvalue weighted by Gasteiger charge is -2.27. The molecular weight excluding hydrogens is 312 g/mol. The first-order valence-electron chi connectivity index (χ1n) is 8.77. The van der Waals surface area contributed by atoms with Gasteiger partial charge in [0.1, 0.15) is 5.75 Å². The maximum Gasteiger partial charge on any atom is 0.224 e. The monoisotopic (exact) mass is 340 g/mol. The molecule has 0 heterocycles. The van der Waals surface area contributed by atoms with Crippen molar-refractivity contribution in [1.82, 2.24) is 10.2 Å². The molecule has 0 spiro atoms. The number of nitrogens with zero attached hydrogens (tertiary/aromatic N) is 1. The minimum Gasteiger partial charge on any atom is -0.497 e. The van der Waals surface area contributed by atoms with Crippen molar-refractivity contribution in [1.29, 1.82) is 0 Å². The molecule has 0 unspecified atom stereocenters. The van der Waals surface area contributed by atoms with Crippen LogP contribution in [-0.2, 0) is 17.9 Å². The smallest absolute Gasteiger partial charge is 0.224 e. The number of hydrogen-bond donors (Lipinski definition) is 1. The van der Waals surface area contributed by atoms with E-state index in [-0.39, 0.29) is 11.9 Å². The van der Waals surface area contributed by atoms with Crippen LogP contribution in [0.15, 0.2) is 54.6 Å². The highest BCUT2D eigenvalue weighted by atomic mass is 16.5. The molecule has 4 heteroatoms. The van der Waals surface area contributed by atoms with Crippen LogP contribution >= 0.6 is 0 Å². The van der Waals surface area contributed by atoms with Gasteiger partial charge in [-0.15, -0.1) is 0 Å². The maximum atomic E-state index is 12.6. The fourth-order valence-corrected chi connectivity index (χ4v) is 2.65. The molecule has 0 atom stereocenters. The van der Waals surface area contributed by atoms with Crippen molar-refractivity contribution in [2.75, 3.05) is 13.7 Å². The summed E-state index contributed by atoms with van der Waals surface area (Å²) in [6.07, 6.45) is 0.501. The molecule has 0 radical (unpaired) electrons. The molecule has 134 valence electrons. The number of nitrogens with one attached hydrogen (secondary N) is 1. The Bertz CT molecular complexity index is 639. The highest BCUT2D eigenvalue weighted by Crippen LogP contribution is 2.12. The molecule has 0 aliphatic heterocycles. The second-order valence-electron chi connectivity index (χ2n) is 6.38. The van der Waals surface area contributed by atoms with Crippen molar-refractivity contribution in [3.05, 3.63) is 65.7 Å². The summed E-state index contributed by atoms with van der Waals surface area (Å²) in [6, 6.07) is 18.3. The quantitative estimate of drug-likeness (QED) is 0.709. The van der Waals surface area contributed by atoms with Crippen LogP contribution in [0.2, 0.25) is 0 Å². The van der Waals surface area contributed by atoms with E-state index in [0.29, 0.717) is 19.5 Å². The molecule has 0 aliphatic carbocycles. The summed E-state index contributed by atoms with van der Waals surface area (Å²) >= 11 is 0. The van der Waals surface area contributed by atoms with Gasteiger partial charge < -0.3 is 15.0 Å². The van der Waals surface area contributed by atoms with E-state index in [4.69, 9.17) is 4.74 Å². The van der Waals surface area contributed by atoms with Crippen LogP contribution in [0.4, 0.5) is 0 Å². The largest absolute Gasteiger partial charge is 0.497 e. The molecule has 25 heavy (non-hydrogen) atoms. The number of carbonyl (C=O) groups excluding carboxylic acids is 1. The Morgan fingerprint density at radius 1 is 1.04 bits per heavy atom. The Hall–Kier alpha value is -2.33. The van der Waals surface area contributed by atoms with Crippen LogP contribution < -0.4 is 10.1 Å². The summed E-state index contributed by atoms with van der Waals surface area (Å²) in [5, 5.41) is 3.34. The first kappa shape index (κ1) is 19.0. The van der Waals surface area contributed by atoms with Crippen molar-refractivity contribution in [2.24, 2.45) is 0 Å². The third-order valence-electron chi connectivity index (χ3n) is 4.14. The average molecular weight is 340 g/mol. The van der Waals surface area contributed by atoms with Crippen molar-refractivity contribution >= 4 is 5.91 Å². The Balaban J connectivity index is 1.78. The van der Waals surface area contributed by atoms with Gasteiger partial charge in [0.05, 0.1) is 7.11 Å². The van der Waals surface area contributed by atoms with E-state index < -0.39 is 0 Å². The molecule has 1 N–H and O–H groups in total. The lowest BCUT2D eigenvalue weighted by atomic mass is 10.1. The van der Waals surface area contributed by atoms with E-state index in [1.54, 1.807) is 7.11 Å². The number of carbonyl (C=O) groups is 1. The molecule has 0 saturated heterocycles. The molecule has 2 aromatic carbocycles. The molecule has 1 amide bonds. The normalized spacial score (nSPS) is 10.7. The van der Waals surface area contributed by atoms with Gasteiger partial charge in [-0.2, -0.15) is 0 Å².